The zero-order valence-corrected chi connectivity index (χ0v) is 7.83. The fourth-order valence-corrected chi connectivity index (χ4v) is 1.09. The number of nitrogens with one attached hydrogen (secondary N) is 1. The van der Waals surface area contributed by atoms with Gasteiger partial charge in [0, 0.05) is 24.8 Å². The van der Waals surface area contributed by atoms with Crippen molar-refractivity contribution < 1.29 is 4.79 Å². The Morgan fingerprint density at radius 2 is 2.23 bits per heavy atom. The Hall–Kier alpha value is -1.38. The van der Waals surface area contributed by atoms with E-state index in [2.05, 4.69) is 4.98 Å². The van der Waals surface area contributed by atoms with E-state index in [4.69, 9.17) is 0 Å². The van der Waals surface area contributed by atoms with E-state index in [1.807, 2.05) is 13.8 Å². The topological polar surface area (TPSA) is 49.9 Å². The smallest absolute Gasteiger partial charge is 0.182 e. The summed E-state index contributed by atoms with van der Waals surface area (Å²) in [5, 5.41) is 0. The standard InChI is InChI=1S/C10H13NO2/c1-7(2)5-10(13)9-6-8(12)3-4-11-9/h3-4,6-7H,5H2,1-2H3,(H,11,12). The highest BCUT2D eigenvalue weighted by Crippen LogP contribution is 2.04. The Balaban J connectivity index is 2.83. The molecule has 0 atom stereocenters. The predicted octanol–water partition coefficient (Wildman–Crippen LogP) is 1.60. The molecule has 1 aromatic rings. The molecule has 1 heterocycles. The Kier molecular flexibility index (Phi) is 3.01. The second-order valence-corrected chi connectivity index (χ2v) is 3.46. The molecule has 0 saturated heterocycles. The first-order valence-electron chi connectivity index (χ1n) is 4.31. The number of rotatable bonds is 3. The minimum Gasteiger partial charge on any atom is -0.359 e. The highest BCUT2D eigenvalue weighted by Gasteiger charge is 2.08. The molecule has 0 radical (unpaired) electrons. The predicted molar refractivity (Wildman–Crippen MR) is 50.8 cm³/mol. The highest BCUT2D eigenvalue weighted by molar-refractivity contribution is 5.94. The molecule has 3 heteroatoms. The number of carbonyl (C=O) groups excluding carboxylic acids is 1. The van der Waals surface area contributed by atoms with Gasteiger partial charge < -0.3 is 4.98 Å². The van der Waals surface area contributed by atoms with Crippen LogP contribution in [0, 0.1) is 5.92 Å². The van der Waals surface area contributed by atoms with Gasteiger partial charge in [-0.3, -0.25) is 9.59 Å². The fourth-order valence-electron chi connectivity index (χ4n) is 1.09. The van der Waals surface area contributed by atoms with Crippen LogP contribution in [-0.2, 0) is 0 Å². The SMILES string of the molecule is CC(C)CC(=O)c1cc(=O)cc[nH]1. The van der Waals surface area contributed by atoms with Crippen LogP contribution in [0.3, 0.4) is 0 Å². The van der Waals surface area contributed by atoms with Crippen LogP contribution < -0.4 is 5.43 Å². The third-order valence-electron chi connectivity index (χ3n) is 1.67. The minimum absolute atomic E-state index is 0.00676. The number of Topliss-reactive ketones (excluding diaryl/α,β-unsaturated/α-hetero) is 1. The fraction of sp³-hybridized carbons (Fsp3) is 0.400. The molecule has 3 nitrogen and oxygen atoms in total. The molecule has 0 aromatic carbocycles. The van der Waals surface area contributed by atoms with Crippen molar-refractivity contribution in [3.63, 3.8) is 0 Å². The summed E-state index contributed by atoms with van der Waals surface area (Å²) < 4.78 is 0. The van der Waals surface area contributed by atoms with Crippen LogP contribution >= 0.6 is 0 Å². The van der Waals surface area contributed by atoms with E-state index in [-0.39, 0.29) is 11.2 Å². The first kappa shape index (κ1) is 9.71. The van der Waals surface area contributed by atoms with E-state index in [0.717, 1.165) is 0 Å². The number of pyridine rings is 1. The summed E-state index contributed by atoms with van der Waals surface area (Å²) in [5.74, 6) is 0.309. The van der Waals surface area contributed by atoms with Gasteiger partial charge in [0.05, 0.1) is 5.69 Å². The molecule has 0 spiro atoms. The van der Waals surface area contributed by atoms with Gasteiger partial charge in [-0.1, -0.05) is 13.8 Å². The van der Waals surface area contributed by atoms with Crippen LogP contribution in [0.1, 0.15) is 30.8 Å². The van der Waals surface area contributed by atoms with Crippen molar-refractivity contribution in [3.05, 3.63) is 34.2 Å². The van der Waals surface area contributed by atoms with Gasteiger partial charge in [-0.15, -0.1) is 0 Å². The molecule has 1 aromatic heterocycles. The summed E-state index contributed by atoms with van der Waals surface area (Å²) in [6, 6.07) is 2.73. The average molecular weight is 179 g/mol. The Labute approximate surface area is 76.8 Å². The van der Waals surface area contributed by atoms with Crippen LogP contribution in [0.4, 0.5) is 0 Å². The lowest BCUT2D eigenvalue weighted by Crippen LogP contribution is -2.09. The third-order valence-corrected chi connectivity index (χ3v) is 1.67. The molecule has 1 rings (SSSR count). The second-order valence-electron chi connectivity index (χ2n) is 3.46. The van der Waals surface area contributed by atoms with Crippen LogP contribution in [0.5, 0.6) is 0 Å². The maximum atomic E-state index is 11.4. The van der Waals surface area contributed by atoms with Crippen molar-refractivity contribution >= 4 is 5.78 Å². The quantitative estimate of drug-likeness (QED) is 0.716. The molecule has 0 aliphatic heterocycles. The summed E-state index contributed by atoms with van der Waals surface area (Å²) in [6.07, 6.45) is 1.97. The van der Waals surface area contributed by atoms with E-state index in [1.54, 1.807) is 0 Å². The van der Waals surface area contributed by atoms with E-state index in [0.29, 0.717) is 18.0 Å². The largest absolute Gasteiger partial charge is 0.359 e. The first-order chi connectivity index (χ1) is 6.09. The number of aromatic amines is 1. The Morgan fingerprint density at radius 1 is 1.54 bits per heavy atom. The molecule has 0 unspecified atom stereocenters. The minimum atomic E-state index is -0.133. The van der Waals surface area contributed by atoms with E-state index < -0.39 is 0 Å². The van der Waals surface area contributed by atoms with Gasteiger partial charge in [0.15, 0.2) is 11.2 Å². The van der Waals surface area contributed by atoms with Crippen LogP contribution in [0.2, 0.25) is 0 Å². The van der Waals surface area contributed by atoms with Gasteiger partial charge in [-0.25, -0.2) is 0 Å². The van der Waals surface area contributed by atoms with Crippen molar-refractivity contribution in [2.24, 2.45) is 5.92 Å². The molecule has 70 valence electrons. The zero-order valence-electron chi connectivity index (χ0n) is 7.83. The maximum absolute atomic E-state index is 11.4. The molecule has 1 N–H and O–H groups in total. The summed E-state index contributed by atoms with van der Waals surface area (Å²) in [7, 11) is 0. The van der Waals surface area contributed by atoms with Crippen molar-refractivity contribution in [2.75, 3.05) is 0 Å². The van der Waals surface area contributed by atoms with Gasteiger partial charge >= 0.3 is 0 Å². The number of ketones is 1. The molecule has 0 amide bonds. The van der Waals surface area contributed by atoms with Gasteiger partial charge in [0.25, 0.3) is 0 Å². The Morgan fingerprint density at radius 3 is 2.77 bits per heavy atom. The number of aromatic nitrogens is 1. The summed E-state index contributed by atoms with van der Waals surface area (Å²) >= 11 is 0. The van der Waals surface area contributed by atoms with Crippen LogP contribution in [0.15, 0.2) is 23.1 Å². The molecule has 0 aliphatic rings. The van der Waals surface area contributed by atoms with Crippen molar-refractivity contribution in [1.29, 1.82) is 0 Å². The van der Waals surface area contributed by atoms with Gasteiger partial charge in [0.1, 0.15) is 0 Å². The molecule has 13 heavy (non-hydrogen) atoms. The molecular formula is C10H13NO2. The van der Waals surface area contributed by atoms with Gasteiger partial charge in [-0.05, 0) is 5.92 Å². The molecular weight excluding hydrogens is 166 g/mol. The number of hydrogen-bond donors (Lipinski definition) is 1. The number of hydrogen-bond acceptors (Lipinski definition) is 2. The summed E-state index contributed by atoms with van der Waals surface area (Å²) in [6.45, 7) is 3.94. The monoisotopic (exact) mass is 179 g/mol. The number of H-pyrrole nitrogens is 1. The lowest BCUT2D eigenvalue weighted by atomic mass is 10.1. The lowest BCUT2D eigenvalue weighted by Gasteiger charge is -2.02. The first-order valence-corrected chi connectivity index (χ1v) is 4.31. The van der Waals surface area contributed by atoms with Crippen molar-refractivity contribution in [3.8, 4) is 0 Å². The number of carbonyl (C=O) groups is 1. The van der Waals surface area contributed by atoms with E-state index >= 15 is 0 Å². The zero-order chi connectivity index (χ0) is 9.84. The van der Waals surface area contributed by atoms with Crippen LogP contribution in [0.25, 0.3) is 0 Å². The molecule has 0 bridgehead atoms. The molecule has 0 saturated carbocycles. The van der Waals surface area contributed by atoms with E-state index in [1.165, 1.54) is 18.3 Å². The highest BCUT2D eigenvalue weighted by atomic mass is 16.1. The Bertz CT molecular complexity index is 352. The summed E-state index contributed by atoms with van der Waals surface area (Å²) in [4.78, 5) is 25.1. The van der Waals surface area contributed by atoms with Gasteiger partial charge in [-0.2, -0.15) is 0 Å². The van der Waals surface area contributed by atoms with E-state index in [9.17, 15) is 9.59 Å². The van der Waals surface area contributed by atoms with Gasteiger partial charge in [0.2, 0.25) is 0 Å². The third kappa shape index (κ3) is 2.86. The normalized spacial score (nSPS) is 10.4. The average Bonchev–Trinajstić information content (AvgIpc) is 2.03. The second kappa shape index (κ2) is 4.03. The summed E-state index contributed by atoms with van der Waals surface area (Å²) in [5.41, 5.74) is 0.270. The molecule has 0 fully saturated rings. The van der Waals surface area contributed by atoms with Crippen molar-refractivity contribution in [1.82, 2.24) is 4.98 Å². The maximum Gasteiger partial charge on any atom is 0.182 e. The van der Waals surface area contributed by atoms with Crippen molar-refractivity contribution in [2.45, 2.75) is 20.3 Å². The molecule has 0 aliphatic carbocycles. The lowest BCUT2D eigenvalue weighted by molar-refractivity contribution is 0.0963. The van der Waals surface area contributed by atoms with Crippen LogP contribution in [-0.4, -0.2) is 10.8 Å².